The number of hydrogen-bond donors (Lipinski definition) is 2. The molecule has 0 bridgehead atoms. The highest BCUT2D eigenvalue weighted by Crippen LogP contribution is 2.15. The molecule has 1 amide bonds. The van der Waals surface area contributed by atoms with Crippen LogP contribution in [0.2, 0.25) is 0 Å². The molecule has 0 aromatic heterocycles. The van der Waals surface area contributed by atoms with Crippen LogP contribution in [0, 0.1) is 5.82 Å². The zero-order valence-corrected chi connectivity index (χ0v) is 9.83. The third-order valence-electron chi connectivity index (χ3n) is 2.11. The molecule has 4 nitrogen and oxygen atoms in total. The van der Waals surface area contributed by atoms with E-state index in [4.69, 9.17) is 10.5 Å². The molecule has 0 spiro atoms. The first-order valence-corrected chi connectivity index (χ1v) is 5.54. The van der Waals surface area contributed by atoms with Crippen molar-refractivity contribution in [2.75, 3.05) is 13.2 Å². The van der Waals surface area contributed by atoms with Crippen molar-refractivity contribution in [2.24, 2.45) is 5.73 Å². The van der Waals surface area contributed by atoms with Crippen LogP contribution in [-0.4, -0.2) is 19.1 Å². The molecule has 0 saturated heterocycles. The van der Waals surface area contributed by atoms with Gasteiger partial charge < -0.3 is 15.8 Å². The van der Waals surface area contributed by atoms with Gasteiger partial charge in [-0.2, -0.15) is 0 Å². The summed E-state index contributed by atoms with van der Waals surface area (Å²) in [6.45, 7) is 2.68. The van der Waals surface area contributed by atoms with Crippen LogP contribution in [-0.2, 0) is 11.3 Å². The lowest BCUT2D eigenvalue weighted by Gasteiger charge is -2.08. The van der Waals surface area contributed by atoms with E-state index >= 15 is 0 Å². The molecule has 3 N–H and O–H groups in total. The Morgan fingerprint density at radius 1 is 1.47 bits per heavy atom. The van der Waals surface area contributed by atoms with E-state index in [0.29, 0.717) is 17.9 Å². The van der Waals surface area contributed by atoms with Gasteiger partial charge in [0, 0.05) is 19.2 Å². The SMILES string of the molecule is CCCNC(=O)COc1cc(F)cc(CN)c1. The second-order valence-electron chi connectivity index (χ2n) is 3.64. The minimum absolute atomic E-state index is 0.118. The lowest BCUT2D eigenvalue weighted by Crippen LogP contribution is -2.29. The van der Waals surface area contributed by atoms with E-state index in [1.165, 1.54) is 12.1 Å². The predicted molar refractivity (Wildman–Crippen MR) is 63.1 cm³/mol. The molecule has 1 aromatic carbocycles. The van der Waals surface area contributed by atoms with Crippen LogP contribution in [0.5, 0.6) is 5.75 Å². The predicted octanol–water partition coefficient (Wildman–Crippen LogP) is 1.19. The van der Waals surface area contributed by atoms with E-state index in [9.17, 15) is 9.18 Å². The van der Waals surface area contributed by atoms with E-state index in [1.54, 1.807) is 6.07 Å². The average molecular weight is 240 g/mol. The fourth-order valence-electron chi connectivity index (χ4n) is 1.29. The fraction of sp³-hybridized carbons (Fsp3) is 0.417. The molecule has 0 heterocycles. The Labute approximate surface area is 100.0 Å². The molecule has 0 radical (unpaired) electrons. The molecule has 0 unspecified atom stereocenters. The normalized spacial score (nSPS) is 10.1. The van der Waals surface area contributed by atoms with Crippen molar-refractivity contribution in [3.63, 3.8) is 0 Å². The number of ether oxygens (including phenoxy) is 1. The minimum atomic E-state index is -0.420. The lowest BCUT2D eigenvalue weighted by atomic mass is 10.2. The van der Waals surface area contributed by atoms with Crippen LogP contribution < -0.4 is 15.8 Å². The van der Waals surface area contributed by atoms with Crippen LogP contribution in [0.25, 0.3) is 0 Å². The van der Waals surface area contributed by atoms with Crippen molar-refractivity contribution in [3.8, 4) is 5.75 Å². The standard InChI is InChI=1S/C12H17FN2O2/c1-2-3-15-12(16)8-17-11-5-9(7-14)4-10(13)6-11/h4-6H,2-3,7-8,14H2,1H3,(H,15,16). The van der Waals surface area contributed by atoms with Crippen molar-refractivity contribution >= 4 is 5.91 Å². The van der Waals surface area contributed by atoms with Crippen molar-refractivity contribution in [1.29, 1.82) is 0 Å². The lowest BCUT2D eigenvalue weighted by molar-refractivity contribution is -0.123. The summed E-state index contributed by atoms with van der Waals surface area (Å²) in [5, 5.41) is 2.66. The van der Waals surface area contributed by atoms with Crippen LogP contribution in [0.15, 0.2) is 18.2 Å². The van der Waals surface area contributed by atoms with Crippen LogP contribution in [0.4, 0.5) is 4.39 Å². The Morgan fingerprint density at radius 3 is 2.88 bits per heavy atom. The van der Waals surface area contributed by atoms with E-state index in [0.717, 1.165) is 6.42 Å². The molecule has 17 heavy (non-hydrogen) atoms. The summed E-state index contributed by atoms with van der Waals surface area (Å²) in [4.78, 5) is 11.3. The third kappa shape index (κ3) is 4.82. The van der Waals surface area contributed by atoms with Crippen LogP contribution in [0.3, 0.4) is 0 Å². The molecule has 0 aliphatic heterocycles. The Kier molecular flexibility index (Phi) is 5.42. The number of carbonyl (C=O) groups is 1. The minimum Gasteiger partial charge on any atom is -0.484 e. The zero-order chi connectivity index (χ0) is 12.7. The summed E-state index contributed by atoms with van der Waals surface area (Å²) >= 11 is 0. The van der Waals surface area contributed by atoms with E-state index in [2.05, 4.69) is 5.32 Å². The van der Waals surface area contributed by atoms with Crippen molar-refractivity contribution in [3.05, 3.63) is 29.6 Å². The van der Waals surface area contributed by atoms with Gasteiger partial charge in [0.1, 0.15) is 11.6 Å². The zero-order valence-electron chi connectivity index (χ0n) is 9.83. The Hall–Kier alpha value is -1.62. The third-order valence-corrected chi connectivity index (χ3v) is 2.11. The van der Waals surface area contributed by atoms with Gasteiger partial charge in [0.25, 0.3) is 5.91 Å². The van der Waals surface area contributed by atoms with Crippen LogP contribution in [0.1, 0.15) is 18.9 Å². The maximum Gasteiger partial charge on any atom is 0.257 e. The van der Waals surface area contributed by atoms with Gasteiger partial charge in [0.15, 0.2) is 6.61 Å². The molecule has 1 rings (SSSR count). The Morgan fingerprint density at radius 2 is 2.24 bits per heavy atom. The summed E-state index contributed by atoms with van der Waals surface area (Å²) in [6, 6.07) is 4.19. The highest BCUT2D eigenvalue weighted by atomic mass is 19.1. The highest BCUT2D eigenvalue weighted by molar-refractivity contribution is 5.77. The second kappa shape index (κ2) is 6.85. The quantitative estimate of drug-likeness (QED) is 0.785. The average Bonchev–Trinajstić information content (AvgIpc) is 2.33. The summed E-state index contributed by atoms with van der Waals surface area (Å²) in [7, 11) is 0. The Bertz CT molecular complexity index is 383. The number of carbonyl (C=O) groups excluding carboxylic acids is 1. The number of rotatable bonds is 6. The summed E-state index contributed by atoms with van der Waals surface area (Å²) in [6.07, 6.45) is 0.864. The molecule has 0 aliphatic rings. The molecule has 5 heteroatoms. The number of nitrogens with one attached hydrogen (secondary N) is 1. The molecule has 0 saturated carbocycles. The number of amides is 1. The van der Waals surface area contributed by atoms with Gasteiger partial charge in [-0.1, -0.05) is 6.92 Å². The van der Waals surface area contributed by atoms with Gasteiger partial charge in [0.05, 0.1) is 0 Å². The number of benzene rings is 1. The second-order valence-corrected chi connectivity index (χ2v) is 3.64. The van der Waals surface area contributed by atoms with Crippen molar-refractivity contribution in [2.45, 2.75) is 19.9 Å². The highest BCUT2D eigenvalue weighted by Gasteiger charge is 2.04. The van der Waals surface area contributed by atoms with Gasteiger partial charge in [-0.05, 0) is 24.1 Å². The molecule has 0 aliphatic carbocycles. The fourth-order valence-corrected chi connectivity index (χ4v) is 1.29. The molecule has 0 atom stereocenters. The smallest absolute Gasteiger partial charge is 0.257 e. The first-order valence-electron chi connectivity index (χ1n) is 5.54. The maximum absolute atomic E-state index is 13.1. The number of hydrogen-bond acceptors (Lipinski definition) is 3. The molecule has 94 valence electrons. The van der Waals surface area contributed by atoms with E-state index < -0.39 is 5.82 Å². The van der Waals surface area contributed by atoms with Gasteiger partial charge in [-0.25, -0.2) is 4.39 Å². The van der Waals surface area contributed by atoms with E-state index in [1.807, 2.05) is 6.92 Å². The summed E-state index contributed by atoms with van der Waals surface area (Å²) in [5.74, 6) is -0.320. The first-order chi connectivity index (χ1) is 8.15. The Balaban J connectivity index is 2.51. The molecular weight excluding hydrogens is 223 g/mol. The van der Waals surface area contributed by atoms with Gasteiger partial charge in [-0.15, -0.1) is 0 Å². The van der Waals surface area contributed by atoms with Crippen molar-refractivity contribution < 1.29 is 13.9 Å². The summed E-state index contributed by atoms with van der Waals surface area (Å²) in [5.41, 5.74) is 6.04. The number of halogens is 1. The van der Waals surface area contributed by atoms with E-state index in [-0.39, 0.29) is 19.1 Å². The van der Waals surface area contributed by atoms with Gasteiger partial charge in [0.2, 0.25) is 0 Å². The van der Waals surface area contributed by atoms with Gasteiger partial charge in [-0.3, -0.25) is 4.79 Å². The van der Waals surface area contributed by atoms with Gasteiger partial charge >= 0.3 is 0 Å². The first kappa shape index (κ1) is 13.4. The largest absolute Gasteiger partial charge is 0.484 e. The van der Waals surface area contributed by atoms with Crippen LogP contribution >= 0.6 is 0 Å². The number of nitrogens with two attached hydrogens (primary N) is 1. The molecule has 1 aromatic rings. The molecule has 0 fully saturated rings. The monoisotopic (exact) mass is 240 g/mol. The maximum atomic E-state index is 13.1. The molecular formula is C12H17FN2O2. The topological polar surface area (TPSA) is 64.3 Å². The summed E-state index contributed by atoms with van der Waals surface area (Å²) < 4.78 is 18.3. The van der Waals surface area contributed by atoms with Crippen molar-refractivity contribution in [1.82, 2.24) is 5.32 Å².